The first-order valence-corrected chi connectivity index (χ1v) is 9.91. The number of pyridine rings is 2. The first kappa shape index (κ1) is 23.1. The maximum Gasteiger partial charge on any atom is 0.254 e. The molecule has 29 heavy (non-hydrogen) atoms. The molecule has 1 aliphatic rings. The molecule has 0 unspecified atom stereocenters. The van der Waals surface area contributed by atoms with Crippen molar-refractivity contribution in [1.29, 1.82) is 0 Å². The number of aromatic nitrogens is 2. The van der Waals surface area contributed by atoms with E-state index in [-0.39, 0.29) is 35.7 Å². The SMILES string of the molecule is CC(C)N1Cc2cnc(Cl)cc2C1=O.CC(C)NC(=O)c1cc(Cl)ncc1CO. The van der Waals surface area contributed by atoms with Crippen molar-refractivity contribution in [2.75, 3.05) is 0 Å². The Balaban J connectivity index is 0.000000207. The predicted octanol–water partition coefficient (Wildman–Crippen LogP) is 3.46. The van der Waals surface area contributed by atoms with Gasteiger partial charge >= 0.3 is 0 Å². The van der Waals surface area contributed by atoms with Crippen molar-refractivity contribution in [1.82, 2.24) is 20.2 Å². The van der Waals surface area contributed by atoms with Gasteiger partial charge in [-0.15, -0.1) is 0 Å². The second kappa shape index (κ2) is 10.0. The lowest BCUT2D eigenvalue weighted by molar-refractivity contribution is 0.0730. The number of hydrogen-bond donors (Lipinski definition) is 2. The summed E-state index contributed by atoms with van der Waals surface area (Å²) in [5.41, 5.74) is 2.50. The second-order valence-corrected chi connectivity index (χ2v) is 7.92. The fraction of sp³-hybridized carbons (Fsp3) is 0.400. The van der Waals surface area contributed by atoms with Crippen LogP contribution in [0.4, 0.5) is 0 Å². The lowest BCUT2D eigenvalue weighted by Gasteiger charge is -2.19. The van der Waals surface area contributed by atoms with Gasteiger partial charge in [-0.05, 0) is 39.8 Å². The highest BCUT2D eigenvalue weighted by atomic mass is 35.5. The number of aliphatic hydroxyl groups excluding tert-OH is 1. The van der Waals surface area contributed by atoms with Crippen LogP contribution < -0.4 is 5.32 Å². The van der Waals surface area contributed by atoms with Crippen LogP contribution in [0.1, 0.15) is 59.5 Å². The maximum atomic E-state index is 11.8. The summed E-state index contributed by atoms with van der Waals surface area (Å²) in [5, 5.41) is 12.4. The van der Waals surface area contributed by atoms with E-state index in [2.05, 4.69) is 15.3 Å². The van der Waals surface area contributed by atoms with Gasteiger partial charge in [0.2, 0.25) is 0 Å². The number of rotatable bonds is 4. The van der Waals surface area contributed by atoms with Gasteiger partial charge in [-0.1, -0.05) is 23.2 Å². The fourth-order valence-electron chi connectivity index (χ4n) is 2.75. The Labute approximate surface area is 180 Å². The number of carbonyl (C=O) groups excluding carboxylic acids is 2. The molecule has 2 N–H and O–H groups in total. The van der Waals surface area contributed by atoms with Crippen LogP contribution in [0.2, 0.25) is 10.3 Å². The van der Waals surface area contributed by atoms with Crippen LogP contribution in [-0.2, 0) is 13.2 Å². The van der Waals surface area contributed by atoms with Crippen LogP contribution in [0.15, 0.2) is 24.5 Å². The van der Waals surface area contributed by atoms with Gasteiger partial charge in [0.05, 0.1) is 6.61 Å². The molecule has 3 heterocycles. The number of amides is 2. The first-order chi connectivity index (χ1) is 13.6. The molecule has 3 rings (SSSR count). The number of aliphatic hydroxyl groups is 1. The van der Waals surface area contributed by atoms with Crippen molar-refractivity contribution in [2.24, 2.45) is 0 Å². The molecule has 0 atom stereocenters. The molecule has 1 aliphatic heterocycles. The molecule has 7 nitrogen and oxygen atoms in total. The Morgan fingerprint density at radius 3 is 2.38 bits per heavy atom. The Bertz CT molecular complexity index is 903. The molecule has 0 saturated heterocycles. The number of carbonyl (C=O) groups is 2. The molecule has 0 radical (unpaired) electrons. The van der Waals surface area contributed by atoms with E-state index in [0.717, 1.165) is 5.56 Å². The maximum absolute atomic E-state index is 11.8. The van der Waals surface area contributed by atoms with Crippen molar-refractivity contribution in [3.8, 4) is 0 Å². The van der Waals surface area contributed by atoms with E-state index in [1.807, 2.05) is 32.6 Å². The third kappa shape index (κ3) is 5.88. The zero-order valence-corrected chi connectivity index (χ0v) is 18.3. The van der Waals surface area contributed by atoms with Crippen LogP contribution >= 0.6 is 23.2 Å². The summed E-state index contributed by atoms with van der Waals surface area (Å²) in [6, 6.07) is 3.34. The number of nitrogens with one attached hydrogen (secondary N) is 1. The molecule has 0 saturated carbocycles. The minimum atomic E-state index is -0.252. The highest BCUT2D eigenvalue weighted by Gasteiger charge is 2.29. The molecule has 2 aromatic rings. The summed E-state index contributed by atoms with van der Waals surface area (Å²) in [6.07, 6.45) is 3.08. The number of halogens is 2. The van der Waals surface area contributed by atoms with Crippen molar-refractivity contribution < 1.29 is 14.7 Å². The van der Waals surface area contributed by atoms with Crippen LogP contribution in [0.5, 0.6) is 0 Å². The van der Waals surface area contributed by atoms with Gasteiger partial charge in [0.1, 0.15) is 10.3 Å². The topological polar surface area (TPSA) is 95.4 Å². The van der Waals surface area contributed by atoms with Crippen molar-refractivity contribution in [3.63, 3.8) is 0 Å². The first-order valence-electron chi connectivity index (χ1n) is 9.15. The van der Waals surface area contributed by atoms with Gasteiger partial charge < -0.3 is 15.3 Å². The molecule has 0 aromatic carbocycles. The highest BCUT2D eigenvalue weighted by Crippen LogP contribution is 2.25. The number of nitrogens with zero attached hydrogens (tertiary/aromatic N) is 3. The summed E-state index contributed by atoms with van der Waals surface area (Å²) in [6.45, 7) is 8.14. The smallest absolute Gasteiger partial charge is 0.254 e. The van der Waals surface area contributed by atoms with Crippen LogP contribution in [0.3, 0.4) is 0 Å². The van der Waals surface area contributed by atoms with Crippen LogP contribution in [0.25, 0.3) is 0 Å². The van der Waals surface area contributed by atoms with Crippen molar-refractivity contribution >= 4 is 35.0 Å². The Morgan fingerprint density at radius 2 is 1.79 bits per heavy atom. The zero-order chi connectivity index (χ0) is 21.7. The summed E-state index contributed by atoms with van der Waals surface area (Å²) >= 11 is 11.4. The van der Waals surface area contributed by atoms with Crippen LogP contribution in [0, 0.1) is 0 Å². The molecule has 9 heteroatoms. The minimum Gasteiger partial charge on any atom is -0.392 e. The van der Waals surface area contributed by atoms with E-state index in [4.69, 9.17) is 28.3 Å². The highest BCUT2D eigenvalue weighted by molar-refractivity contribution is 6.30. The van der Waals surface area contributed by atoms with E-state index < -0.39 is 0 Å². The molecule has 0 spiro atoms. The molecule has 0 fully saturated rings. The van der Waals surface area contributed by atoms with Crippen molar-refractivity contribution in [2.45, 2.75) is 52.9 Å². The minimum absolute atomic E-state index is 0.0379. The summed E-state index contributed by atoms with van der Waals surface area (Å²) < 4.78 is 0. The van der Waals surface area contributed by atoms with Gasteiger partial charge in [-0.25, -0.2) is 9.97 Å². The van der Waals surface area contributed by atoms with Gasteiger partial charge in [-0.3, -0.25) is 9.59 Å². The fourth-order valence-corrected chi connectivity index (χ4v) is 3.06. The summed E-state index contributed by atoms with van der Waals surface area (Å²) in [5.74, 6) is -0.197. The van der Waals surface area contributed by atoms with Gasteiger partial charge in [0.25, 0.3) is 11.8 Å². The van der Waals surface area contributed by atoms with Gasteiger partial charge in [0, 0.05) is 53.3 Å². The quantitative estimate of drug-likeness (QED) is 0.712. The standard InChI is InChI=1S/C10H13ClN2O2.C10H11ClN2O/c1-6(2)13-10(15)8-3-9(11)12-4-7(8)5-14;1-6(2)13-5-7-4-12-9(11)3-8(7)10(13)14/h3-4,6,14H,5H2,1-2H3,(H,13,15);3-4,6H,5H2,1-2H3. The molecule has 0 aliphatic carbocycles. The predicted molar refractivity (Wildman–Crippen MR) is 112 cm³/mol. The molecule has 2 aromatic heterocycles. The third-order valence-electron chi connectivity index (χ3n) is 4.20. The second-order valence-electron chi connectivity index (χ2n) is 7.14. The van der Waals surface area contributed by atoms with Crippen molar-refractivity contribution in [3.05, 3.63) is 57.1 Å². The van der Waals surface area contributed by atoms with Gasteiger partial charge in [-0.2, -0.15) is 0 Å². The summed E-state index contributed by atoms with van der Waals surface area (Å²) in [7, 11) is 0. The van der Waals surface area contributed by atoms with E-state index in [1.54, 1.807) is 12.3 Å². The average molecular weight is 439 g/mol. The lowest BCUT2D eigenvalue weighted by Crippen LogP contribution is -2.30. The molecule has 2 amide bonds. The van der Waals surface area contributed by atoms with E-state index in [1.165, 1.54) is 12.3 Å². The average Bonchev–Trinajstić information content (AvgIpc) is 2.98. The lowest BCUT2D eigenvalue weighted by atomic mass is 10.1. The monoisotopic (exact) mass is 438 g/mol. The van der Waals surface area contributed by atoms with Gasteiger partial charge in [0.15, 0.2) is 0 Å². The summed E-state index contributed by atoms with van der Waals surface area (Å²) in [4.78, 5) is 33.1. The third-order valence-corrected chi connectivity index (χ3v) is 4.61. The normalized spacial score (nSPS) is 12.7. The Hall–Kier alpha value is -2.22. The molecule has 156 valence electrons. The van der Waals surface area contributed by atoms with E-state index in [9.17, 15) is 9.59 Å². The van der Waals surface area contributed by atoms with E-state index in [0.29, 0.717) is 28.4 Å². The zero-order valence-electron chi connectivity index (χ0n) is 16.7. The van der Waals surface area contributed by atoms with Crippen LogP contribution in [-0.4, -0.2) is 43.9 Å². The van der Waals surface area contributed by atoms with E-state index >= 15 is 0 Å². The molecular formula is C20H24Cl2N4O3. The largest absolute Gasteiger partial charge is 0.392 e. The molecular weight excluding hydrogens is 415 g/mol. The Morgan fingerprint density at radius 1 is 1.17 bits per heavy atom. The number of hydrogen-bond acceptors (Lipinski definition) is 5. The Kier molecular flexibility index (Phi) is 7.96. The number of fused-ring (bicyclic) bond motifs is 1. The molecule has 0 bridgehead atoms.